The highest BCUT2D eigenvalue weighted by atomic mass is 79.9. The Kier molecular flexibility index (Phi) is 3.93. The lowest BCUT2D eigenvalue weighted by Gasteiger charge is -2.04. The van der Waals surface area contributed by atoms with E-state index in [0.29, 0.717) is 15.9 Å². The lowest BCUT2D eigenvalue weighted by atomic mass is 10.3. The smallest absolute Gasteiger partial charge is 0.365 e. The van der Waals surface area contributed by atoms with Gasteiger partial charge in [-0.05, 0) is 12.1 Å². The van der Waals surface area contributed by atoms with E-state index in [0.717, 1.165) is 11.3 Å². The molecule has 0 fully saturated rings. The summed E-state index contributed by atoms with van der Waals surface area (Å²) >= 11 is 4.18. The molecule has 1 aromatic carbocycles. The molecule has 1 aromatic heterocycles. The van der Waals surface area contributed by atoms with Crippen LogP contribution in [0.5, 0.6) is 5.75 Å². The lowest BCUT2D eigenvalue weighted by molar-refractivity contribution is 0.0696. The summed E-state index contributed by atoms with van der Waals surface area (Å²) in [5, 5.41) is 10.3. The number of carboxylic acid groups (broad SMARTS) is 1. The predicted octanol–water partition coefficient (Wildman–Crippen LogP) is 3.32. The fourth-order valence-electron chi connectivity index (χ4n) is 1.24. The Balaban J connectivity index is 2.04. The van der Waals surface area contributed by atoms with Gasteiger partial charge in [-0.15, -0.1) is 11.3 Å². The molecule has 2 rings (SSSR count). The molecule has 0 aliphatic heterocycles. The van der Waals surface area contributed by atoms with Crippen LogP contribution in [0.3, 0.4) is 0 Å². The topological polar surface area (TPSA) is 59.4 Å². The molecule has 7 heteroatoms. The van der Waals surface area contributed by atoms with E-state index in [2.05, 4.69) is 20.9 Å². The van der Waals surface area contributed by atoms with E-state index in [1.54, 1.807) is 11.4 Å². The van der Waals surface area contributed by atoms with Crippen molar-refractivity contribution in [2.45, 2.75) is 6.61 Å². The van der Waals surface area contributed by atoms with Gasteiger partial charge in [0, 0.05) is 15.9 Å². The van der Waals surface area contributed by atoms with Crippen molar-refractivity contribution in [1.82, 2.24) is 4.98 Å². The molecule has 0 saturated carbocycles. The van der Waals surface area contributed by atoms with Crippen LogP contribution in [0.1, 0.15) is 15.5 Å². The number of halogens is 2. The monoisotopic (exact) mass is 331 g/mol. The Morgan fingerprint density at radius 2 is 2.28 bits per heavy atom. The second-order valence-electron chi connectivity index (χ2n) is 3.34. The average Bonchev–Trinajstić information content (AvgIpc) is 2.73. The zero-order chi connectivity index (χ0) is 13.1. The first-order chi connectivity index (χ1) is 8.54. The zero-order valence-corrected chi connectivity index (χ0v) is 11.3. The molecule has 0 spiro atoms. The number of carboxylic acids is 1. The van der Waals surface area contributed by atoms with E-state index in [1.165, 1.54) is 12.1 Å². The van der Waals surface area contributed by atoms with E-state index in [-0.39, 0.29) is 11.6 Å². The number of nitrogens with zero attached hydrogens (tertiary/aromatic N) is 1. The van der Waals surface area contributed by atoms with Crippen LogP contribution in [-0.2, 0) is 6.61 Å². The Morgan fingerprint density at radius 3 is 2.89 bits per heavy atom. The number of carbonyl (C=O) groups is 1. The second kappa shape index (κ2) is 5.45. The number of aromatic nitrogens is 1. The lowest BCUT2D eigenvalue weighted by Crippen LogP contribution is -1.99. The van der Waals surface area contributed by atoms with E-state index in [4.69, 9.17) is 9.84 Å². The third-order valence-corrected chi connectivity index (χ3v) is 3.29. The largest absolute Gasteiger partial charge is 0.487 e. The number of aromatic carboxylic acids is 1. The van der Waals surface area contributed by atoms with Crippen molar-refractivity contribution in [3.05, 3.63) is 44.6 Å². The molecule has 0 unspecified atom stereocenters. The summed E-state index contributed by atoms with van der Waals surface area (Å²) < 4.78 is 19.0. The normalized spacial score (nSPS) is 10.3. The molecule has 0 amide bonds. The minimum Gasteiger partial charge on any atom is -0.487 e. The van der Waals surface area contributed by atoms with Crippen molar-refractivity contribution in [3.63, 3.8) is 0 Å². The van der Waals surface area contributed by atoms with Gasteiger partial charge >= 0.3 is 5.97 Å². The van der Waals surface area contributed by atoms with Gasteiger partial charge in [-0.2, -0.15) is 0 Å². The third-order valence-electron chi connectivity index (χ3n) is 1.96. The van der Waals surface area contributed by atoms with Gasteiger partial charge in [0.25, 0.3) is 0 Å². The quantitative estimate of drug-likeness (QED) is 0.933. The first-order valence-corrected chi connectivity index (χ1v) is 6.48. The Bertz CT molecular complexity index is 567. The predicted molar refractivity (Wildman–Crippen MR) is 67.5 cm³/mol. The van der Waals surface area contributed by atoms with Crippen molar-refractivity contribution in [2.75, 3.05) is 0 Å². The maximum absolute atomic E-state index is 13.1. The van der Waals surface area contributed by atoms with Crippen molar-refractivity contribution >= 4 is 33.2 Å². The Hall–Kier alpha value is -1.47. The number of hydrogen-bond acceptors (Lipinski definition) is 4. The van der Waals surface area contributed by atoms with Gasteiger partial charge in [0.05, 0.1) is 5.69 Å². The second-order valence-corrected chi connectivity index (χ2v) is 5.12. The molecule has 0 aliphatic carbocycles. The van der Waals surface area contributed by atoms with Crippen LogP contribution in [0.15, 0.2) is 28.1 Å². The van der Waals surface area contributed by atoms with Crippen LogP contribution >= 0.6 is 27.3 Å². The number of rotatable bonds is 4. The van der Waals surface area contributed by atoms with Crippen LogP contribution in [0.25, 0.3) is 0 Å². The maximum Gasteiger partial charge on any atom is 0.365 e. The van der Waals surface area contributed by atoms with Gasteiger partial charge in [0.15, 0.2) is 0 Å². The number of hydrogen-bond donors (Lipinski definition) is 1. The number of benzene rings is 1. The standard InChI is InChI=1S/C11H7BrFNO3S/c12-6-1-7(13)3-9(2-6)17-4-8-5-18-10(14-8)11(15)16/h1-3,5H,4H2,(H,15,16). The molecule has 0 aliphatic rings. The highest BCUT2D eigenvalue weighted by Crippen LogP contribution is 2.21. The highest BCUT2D eigenvalue weighted by molar-refractivity contribution is 9.10. The molecule has 0 bridgehead atoms. The van der Waals surface area contributed by atoms with Crippen LogP contribution in [-0.4, -0.2) is 16.1 Å². The fourth-order valence-corrected chi connectivity index (χ4v) is 2.32. The summed E-state index contributed by atoms with van der Waals surface area (Å²) in [5.41, 5.74) is 0.498. The molecule has 18 heavy (non-hydrogen) atoms. The van der Waals surface area contributed by atoms with Gasteiger partial charge in [-0.25, -0.2) is 14.2 Å². The minimum absolute atomic E-state index is 0.00835. The summed E-state index contributed by atoms with van der Waals surface area (Å²) in [6.07, 6.45) is 0. The molecular formula is C11H7BrFNO3S. The van der Waals surface area contributed by atoms with Gasteiger partial charge in [0.2, 0.25) is 5.01 Å². The highest BCUT2D eigenvalue weighted by Gasteiger charge is 2.09. The molecule has 1 heterocycles. The summed E-state index contributed by atoms with van der Waals surface area (Å²) in [4.78, 5) is 14.5. The van der Waals surface area contributed by atoms with Gasteiger partial charge in [-0.3, -0.25) is 0 Å². The minimum atomic E-state index is -1.07. The fraction of sp³-hybridized carbons (Fsp3) is 0.0909. The van der Waals surface area contributed by atoms with Crippen molar-refractivity contribution in [3.8, 4) is 5.75 Å². The Morgan fingerprint density at radius 1 is 1.50 bits per heavy atom. The van der Waals surface area contributed by atoms with Crippen LogP contribution < -0.4 is 4.74 Å². The maximum atomic E-state index is 13.1. The molecule has 0 atom stereocenters. The summed E-state index contributed by atoms with van der Waals surface area (Å²) in [6.45, 7) is 0.0969. The van der Waals surface area contributed by atoms with E-state index < -0.39 is 11.8 Å². The van der Waals surface area contributed by atoms with Gasteiger partial charge in [0.1, 0.15) is 18.2 Å². The summed E-state index contributed by atoms with van der Waals surface area (Å²) in [5.74, 6) is -1.13. The van der Waals surface area contributed by atoms with Gasteiger partial charge in [-0.1, -0.05) is 15.9 Å². The van der Waals surface area contributed by atoms with E-state index in [1.807, 2.05) is 0 Å². The first-order valence-electron chi connectivity index (χ1n) is 4.81. The van der Waals surface area contributed by atoms with Crippen LogP contribution in [0.4, 0.5) is 4.39 Å². The van der Waals surface area contributed by atoms with E-state index >= 15 is 0 Å². The molecule has 94 valence electrons. The van der Waals surface area contributed by atoms with Crippen molar-refractivity contribution in [2.24, 2.45) is 0 Å². The Labute approximate surface area is 114 Å². The molecule has 1 N–H and O–H groups in total. The first kappa shape index (κ1) is 13.0. The van der Waals surface area contributed by atoms with E-state index in [9.17, 15) is 9.18 Å². The molecular weight excluding hydrogens is 325 g/mol. The molecule has 2 aromatic rings. The van der Waals surface area contributed by atoms with Crippen molar-refractivity contribution in [1.29, 1.82) is 0 Å². The SMILES string of the molecule is O=C(O)c1nc(COc2cc(F)cc(Br)c2)cs1. The molecule has 4 nitrogen and oxygen atoms in total. The molecule has 0 saturated heterocycles. The number of ether oxygens (including phenoxy) is 1. The van der Waals surface area contributed by atoms with Crippen LogP contribution in [0.2, 0.25) is 0 Å². The van der Waals surface area contributed by atoms with Crippen LogP contribution in [0, 0.1) is 5.82 Å². The number of thiazole rings is 1. The van der Waals surface area contributed by atoms with Gasteiger partial charge < -0.3 is 9.84 Å². The summed E-state index contributed by atoms with van der Waals surface area (Å²) in [6, 6.07) is 4.18. The summed E-state index contributed by atoms with van der Waals surface area (Å²) in [7, 11) is 0. The van der Waals surface area contributed by atoms with Crippen molar-refractivity contribution < 1.29 is 19.0 Å². The third kappa shape index (κ3) is 3.27. The average molecular weight is 332 g/mol. The molecule has 0 radical (unpaired) electrons. The zero-order valence-electron chi connectivity index (χ0n) is 8.89.